The van der Waals surface area contributed by atoms with Crippen LogP contribution in [-0.4, -0.2) is 4.98 Å². The molecule has 0 aromatic carbocycles. The molecule has 1 heterocycles. The number of hydrazine groups is 1. The van der Waals surface area contributed by atoms with Gasteiger partial charge in [0.15, 0.2) is 0 Å². The molecule has 0 radical (unpaired) electrons. The van der Waals surface area contributed by atoms with Crippen molar-refractivity contribution in [3.63, 3.8) is 0 Å². The fourth-order valence-electron chi connectivity index (χ4n) is 0.611. The second-order valence-corrected chi connectivity index (χ2v) is 1.82. The topological polar surface area (TPSA) is 50.9 Å². The third-order valence-electron chi connectivity index (χ3n) is 1.16. The molecule has 3 N–H and O–H groups in total. The number of rotatable bonds is 2. The maximum atomic E-state index is 5.13. The molecule has 0 atom stereocenters. The SMILES string of the molecule is C=Cc1ccc(NN)cn1. The van der Waals surface area contributed by atoms with Crippen LogP contribution in [0.1, 0.15) is 5.69 Å². The van der Waals surface area contributed by atoms with E-state index in [1.165, 1.54) is 0 Å². The first-order chi connectivity index (χ1) is 4.86. The van der Waals surface area contributed by atoms with Gasteiger partial charge < -0.3 is 5.43 Å². The largest absolute Gasteiger partial charge is 0.323 e. The Balaban J connectivity index is 2.90. The van der Waals surface area contributed by atoms with E-state index in [2.05, 4.69) is 17.0 Å². The second kappa shape index (κ2) is 2.98. The zero-order valence-electron chi connectivity index (χ0n) is 5.54. The molecule has 0 fully saturated rings. The zero-order chi connectivity index (χ0) is 7.40. The Morgan fingerprint density at radius 1 is 1.60 bits per heavy atom. The van der Waals surface area contributed by atoms with Crippen molar-refractivity contribution >= 4 is 11.8 Å². The van der Waals surface area contributed by atoms with Crippen molar-refractivity contribution < 1.29 is 0 Å². The molecular formula is C7H9N3. The number of hydrogen-bond acceptors (Lipinski definition) is 3. The monoisotopic (exact) mass is 135 g/mol. The molecule has 1 rings (SSSR count). The number of nitrogens with zero attached hydrogens (tertiary/aromatic N) is 1. The minimum absolute atomic E-state index is 0.797. The molecule has 0 amide bonds. The molecule has 0 bridgehead atoms. The highest BCUT2D eigenvalue weighted by molar-refractivity contribution is 5.47. The van der Waals surface area contributed by atoms with Gasteiger partial charge >= 0.3 is 0 Å². The van der Waals surface area contributed by atoms with Gasteiger partial charge in [-0.1, -0.05) is 6.58 Å². The van der Waals surface area contributed by atoms with E-state index in [9.17, 15) is 0 Å². The Hall–Kier alpha value is -1.35. The molecule has 0 unspecified atom stereocenters. The summed E-state index contributed by atoms with van der Waals surface area (Å²) in [6.07, 6.45) is 3.33. The summed E-state index contributed by atoms with van der Waals surface area (Å²) in [5, 5.41) is 0. The van der Waals surface area contributed by atoms with Gasteiger partial charge in [-0.05, 0) is 18.2 Å². The van der Waals surface area contributed by atoms with Gasteiger partial charge in [-0.3, -0.25) is 10.8 Å². The molecule has 0 spiro atoms. The average Bonchev–Trinajstić information content (AvgIpc) is 2.05. The predicted octanol–water partition coefficient (Wildman–Crippen LogP) is 1.01. The number of aromatic nitrogens is 1. The van der Waals surface area contributed by atoms with Crippen LogP contribution in [0.3, 0.4) is 0 Å². The number of nitrogens with two attached hydrogens (primary N) is 1. The lowest BCUT2D eigenvalue weighted by molar-refractivity contribution is 1.25. The molecule has 1 aromatic heterocycles. The van der Waals surface area contributed by atoms with Gasteiger partial charge in [0.25, 0.3) is 0 Å². The standard InChI is InChI=1S/C7H9N3/c1-2-6-3-4-7(10-8)5-9-6/h2-5,10H,1,8H2. The van der Waals surface area contributed by atoms with Gasteiger partial charge in [-0.25, -0.2) is 0 Å². The first-order valence-corrected chi connectivity index (χ1v) is 2.92. The van der Waals surface area contributed by atoms with Crippen molar-refractivity contribution in [1.29, 1.82) is 0 Å². The van der Waals surface area contributed by atoms with E-state index in [1.807, 2.05) is 12.1 Å². The third kappa shape index (κ3) is 1.33. The molecule has 0 saturated carbocycles. The quantitative estimate of drug-likeness (QED) is 0.470. The van der Waals surface area contributed by atoms with Crippen molar-refractivity contribution in [2.45, 2.75) is 0 Å². The minimum atomic E-state index is 0.797. The van der Waals surface area contributed by atoms with Crippen molar-refractivity contribution in [1.82, 2.24) is 4.98 Å². The van der Waals surface area contributed by atoms with Gasteiger partial charge in [0.2, 0.25) is 0 Å². The van der Waals surface area contributed by atoms with E-state index in [0.717, 1.165) is 11.4 Å². The van der Waals surface area contributed by atoms with Crippen LogP contribution in [0, 0.1) is 0 Å². The summed E-state index contributed by atoms with van der Waals surface area (Å²) in [6.45, 7) is 3.57. The second-order valence-electron chi connectivity index (χ2n) is 1.82. The number of anilines is 1. The molecule has 3 heteroatoms. The summed E-state index contributed by atoms with van der Waals surface area (Å²) >= 11 is 0. The van der Waals surface area contributed by atoms with Crippen LogP contribution >= 0.6 is 0 Å². The fourth-order valence-corrected chi connectivity index (χ4v) is 0.611. The summed E-state index contributed by atoms with van der Waals surface area (Å²) in [5.41, 5.74) is 4.12. The number of nitrogen functional groups attached to an aromatic ring is 1. The first kappa shape index (κ1) is 6.77. The lowest BCUT2D eigenvalue weighted by Gasteiger charge is -1.97. The Labute approximate surface area is 59.6 Å². The molecule has 1 aromatic rings. The van der Waals surface area contributed by atoms with E-state index >= 15 is 0 Å². The van der Waals surface area contributed by atoms with Crippen LogP contribution in [0.15, 0.2) is 24.9 Å². The van der Waals surface area contributed by atoms with Crippen molar-refractivity contribution in [3.05, 3.63) is 30.6 Å². The van der Waals surface area contributed by atoms with Crippen molar-refractivity contribution in [3.8, 4) is 0 Å². The van der Waals surface area contributed by atoms with Gasteiger partial charge in [-0.15, -0.1) is 0 Å². The molecule has 10 heavy (non-hydrogen) atoms. The highest BCUT2D eigenvalue weighted by atomic mass is 15.2. The van der Waals surface area contributed by atoms with E-state index in [1.54, 1.807) is 12.3 Å². The van der Waals surface area contributed by atoms with Gasteiger partial charge in [0, 0.05) is 0 Å². The van der Waals surface area contributed by atoms with E-state index in [4.69, 9.17) is 5.84 Å². The molecule has 0 aliphatic carbocycles. The fraction of sp³-hybridized carbons (Fsp3) is 0. The highest BCUT2D eigenvalue weighted by Crippen LogP contribution is 2.03. The zero-order valence-corrected chi connectivity index (χ0v) is 5.54. The molecule has 52 valence electrons. The third-order valence-corrected chi connectivity index (χ3v) is 1.16. The molecule has 0 aliphatic rings. The summed E-state index contributed by atoms with van der Waals surface area (Å²) in [5.74, 6) is 5.13. The predicted molar refractivity (Wildman–Crippen MR) is 42.1 cm³/mol. The van der Waals surface area contributed by atoms with Crippen LogP contribution in [-0.2, 0) is 0 Å². The van der Waals surface area contributed by atoms with Crippen LogP contribution < -0.4 is 11.3 Å². The van der Waals surface area contributed by atoms with Crippen LogP contribution in [0.5, 0.6) is 0 Å². The lowest BCUT2D eigenvalue weighted by Crippen LogP contribution is -2.06. The van der Waals surface area contributed by atoms with Crippen molar-refractivity contribution in [2.75, 3.05) is 5.43 Å². The van der Waals surface area contributed by atoms with E-state index < -0.39 is 0 Å². The molecule has 0 saturated heterocycles. The summed E-state index contributed by atoms with van der Waals surface area (Å²) < 4.78 is 0. The average molecular weight is 135 g/mol. The van der Waals surface area contributed by atoms with E-state index in [0.29, 0.717) is 0 Å². The van der Waals surface area contributed by atoms with Crippen LogP contribution in [0.4, 0.5) is 5.69 Å². The van der Waals surface area contributed by atoms with Gasteiger partial charge in [-0.2, -0.15) is 0 Å². The Morgan fingerprint density at radius 3 is 2.80 bits per heavy atom. The maximum absolute atomic E-state index is 5.13. The van der Waals surface area contributed by atoms with Crippen LogP contribution in [0.2, 0.25) is 0 Å². The van der Waals surface area contributed by atoms with E-state index in [-0.39, 0.29) is 0 Å². The van der Waals surface area contributed by atoms with Gasteiger partial charge in [0.1, 0.15) is 0 Å². The summed E-state index contributed by atoms with van der Waals surface area (Å²) in [6, 6.07) is 3.67. The van der Waals surface area contributed by atoms with Crippen LogP contribution in [0.25, 0.3) is 6.08 Å². The first-order valence-electron chi connectivity index (χ1n) is 2.92. The number of nitrogens with one attached hydrogen (secondary N) is 1. The van der Waals surface area contributed by atoms with Gasteiger partial charge in [0.05, 0.1) is 17.6 Å². The maximum Gasteiger partial charge on any atom is 0.0669 e. The van der Waals surface area contributed by atoms with Crippen molar-refractivity contribution in [2.24, 2.45) is 5.84 Å². The number of hydrogen-bond donors (Lipinski definition) is 2. The normalized spacial score (nSPS) is 8.90. The lowest BCUT2D eigenvalue weighted by atomic mass is 10.3. The summed E-state index contributed by atoms with van der Waals surface area (Å²) in [4.78, 5) is 4.01. The molecular weight excluding hydrogens is 126 g/mol. The summed E-state index contributed by atoms with van der Waals surface area (Å²) in [7, 11) is 0. The molecule has 3 nitrogen and oxygen atoms in total. The Bertz CT molecular complexity index is 215. The highest BCUT2D eigenvalue weighted by Gasteiger charge is 1.87. The smallest absolute Gasteiger partial charge is 0.0669 e. The number of pyridine rings is 1. The molecule has 0 aliphatic heterocycles. The Morgan fingerprint density at radius 2 is 2.40 bits per heavy atom. The Kier molecular flexibility index (Phi) is 2.02. The minimum Gasteiger partial charge on any atom is -0.323 e.